The van der Waals surface area contributed by atoms with E-state index in [4.69, 9.17) is 5.26 Å². The topological polar surface area (TPSA) is 85.2 Å². The van der Waals surface area contributed by atoms with Crippen LogP contribution < -0.4 is 0 Å². The molecule has 4 rings (SSSR count). The Morgan fingerprint density at radius 2 is 1.44 bits per heavy atom. The van der Waals surface area contributed by atoms with E-state index in [1.54, 1.807) is 32.0 Å². The number of nitriles is 1. The van der Waals surface area contributed by atoms with Crippen LogP contribution in [0, 0.1) is 23.5 Å². The molecule has 7 nitrogen and oxygen atoms in total. The van der Waals surface area contributed by atoms with Crippen molar-refractivity contribution in [2.75, 3.05) is 0 Å². The zero-order valence-corrected chi connectivity index (χ0v) is 19.0. The van der Waals surface area contributed by atoms with Crippen LogP contribution in [-0.2, 0) is 32.7 Å². The minimum absolute atomic E-state index is 0. The van der Waals surface area contributed by atoms with Gasteiger partial charge < -0.3 is 0 Å². The number of benzene rings is 2. The van der Waals surface area contributed by atoms with E-state index in [2.05, 4.69) is 38.4 Å². The van der Waals surface area contributed by atoms with Crippen molar-refractivity contribution >= 4 is 0 Å². The Labute approximate surface area is 195 Å². The molecule has 32 heavy (non-hydrogen) atoms. The zero-order chi connectivity index (χ0) is 22.2. The summed E-state index contributed by atoms with van der Waals surface area (Å²) >= 11 is 0. The Kier molecular flexibility index (Phi) is 6.33. The molecular formula is C21H14F3N7Pt. The number of hydrogen-bond acceptors (Lipinski definition) is 5. The molecule has 0 N–H and O–H groups in total. The molecule has 0 radical (unpaired) electrons. The van der Waals surface area contributed by atoms with Gasteiger partial charge in [-0.1, -0.05) is 11.1 Å². The molecule has 0 spiro atoms. The normalized spacial score (nSPS) is 11.6. The molecule has 0 amide bonds. The molecule has 0 saturated carbocycles. The van der Waals surface area contributed by atoms with Crippen molar-refractivity contribution in [1.29, 1.82) is 5.26 Å². The van der Waals surface area contributed by atoms with E-state index in [0.29, 0.717) is 22.9 Å². The maximum absolute atomic E-state index is 13.0. The quantitative estimate of drug-likeness (QED) is 0.327. The van der Waals surface area contributed by atoms with Gasteiger partial charge in [0.2, 0.25) is 0 Å². The Bertz CT molecular complexity index is 1280. The zero-order valence-electron chi connectivity index (χ0n) is 16.7. The number of alkyl halides is 3. The minimum atomic E-state index is -4.47. The van der Waals surface area contributed by atoms with Gasteiger partial charge in [-0.2, -0.15) is 65.0 Å². The Morgan fingerprint density at radius 3 is 1.97 bits per heavy atom. The van der Waals surface area contributed by atoms with Gasteiger partial charge in [-0.25, -0.2) is 19.3 Å². The summed E-state index contributed by atoms with van der Waals surface area (Å²) in [7, 11) is 0. The summed E-state index contributed by atoms with van der Waals surface area (Å²) in [6.07, 6.45) is -1.66. The van der Waals surface area contributed by atoms with Crippen LogP contribution in [0.25, 0.3) is 11.4 Å². The summed E-state index contributed by atoms with van der Waals surface area (Å²) in [5.74, 6) is 0.722. The number of hydrogen-bond donors (Lipinski definition) is 0. The van der Waals surface area contributed by atoms with E-state index in [0.717, 1.165) is 12.1 Å². The van der Waals surface area contributed by atoms with Crippen LogP contribution in [0.3, 0.4) is 0 Å². The molecular weight excluding hydrogens is 602 g/mol. The average molecular weight is 616 g/mol. The summed E-state index contributed by atoms with van der Waals surface area (Å²) in [5, 5.41) is 17.8. The van der Waals surface area contributed by atoms with Crippen molar-refractivity contribution in [2.45, 2.75) is 25.4 Å². The van der Waals surface area contributed by atoms with Gasteiger partial charge in [-0.3, -0.25) is 0 Å². The van der Waals surface area contributed by atoms with Crippen molar-refractivity contribution < 1.29 is 34.2 Å². The van der Waals surface area contributed by atoms with Crippen LogP contribution in [0.15, 0.2) is 49.1 Å². The first-order valence-corrected chi connectivity index (χ1v) is 9.04. The fraction of sp³-hybridized carbons (Fsp3) is 0.190. The van der Waals surface area contributed by atoms with E-state index < -0.39 is 17.2 Å². The molecule has 2 heterocycles. The van der Waals surface area contributed by atoms with Crippen LogP contribution in [0.2, 0.25) is 0 Å². The average Bonchev–Trinajstić information content (AvgIpc) is 3.44. The number of rotatable bonds is 4. The van der Waals surface area contributed by atoms with Gasteiger partial charge in [0.1, 0.15) is 12.7 Å². The Morgan fingerprint density at radius 1 is 0.906 bits per heavy atom. The predicted octanol–water partition coefficient (Wildman–Crippen LogP) is 3.66. The standard InChI is InChI=1S/C21H14F3N7.Pt/c1-20(2,18-26-12-30(28-18)16-7-3-5-14(9-16)11-25)19-27-13-31(29-19)17-8-4-6-15(10-17)21(22,23)24;/h3-6,9-10,12-13H,1-2H3;/q-2;+2. The monoisotopic (exact) mass is 616 g/mol. The summed E-state index contributed by atoms with van der Waals surface area (Å²) in [4.78, 5) is 8.58. The van der Waals surface area contributed by atoms with Crippen molar-refractivity contribution in [3.63, 3.8) is 0 Å². The molecule has 11 heteroatoms. The van der Waals surface area contributed by atoms with Crippen LogP contribution in [0.4, 0.5) is 13.2 Å². The third-order valence-corrected chi connectivity index (χ3v) is 4.62. The first-order chi connectivity index (χ1) is 14.7. The van der Waals surface area contributed by atoms with Gasteiger partial charge in [0.15, 0.2) is 11.6 Å². The van der Waals surface area contributed by atoms with E-state index in [1.807, 2.05) is 0 Å². The van der Waals surface area contributed by atoms with Crippen LogP contribution >= 0.6 is 0 Å². The summed E-state index contributed by atoms with van der Waals surface area (Å²) in [6.45, 7) is 3.61. The molecule has 0 saturated heterocycles. The summed E-state index contributed by atoms with van der Waals surface area (Å²) in [6, 6.07) is 15.7. The van der Waals surface area contributed by atoms with Crippen molar-refractivity contribution in [3.8, 4) is 17.4 Å². The number of aromatic nitrogens is 6. The molecule has 2 aromatic carbocycles. The van der Waals surface area contributed by atoms with Crippen LogP contribution in [-0.4, -0.2) is 29.5 Å². The minimum Gasteiger partial charge on any atom is -0.245 e. The number of halogens is 3. The van der Waals surface area contributed by atoms with E-state index in [-0.39, 0.29) is 26.8 Å². The fourth-order valence-electron chi connectivity index (χ4n) is 2.85. The first kappa shape index (κ1) is 23.4. The largest absolute Gasteiger partial charge is 2.00 e. The molecule has 0 bridgehead atoms. The third-order valence-electron chi connectivity index (χ3n) is 4.62. The smallest absolute Gasteiger partial charge is 0.245 e. The van der Waals surface area contributed by atoms with Gasteiger partial charge in [0, 0.05) is 0 Å². The maximum atomic E-state index is 13.0. The van der Waals surface area contributed by atoms with Crippen molar-refractivity contribution in [2.24, 2.45) is 0 Å². The molecule has 2 aromatic heterocycles. The molecule has 0 unspecified atom stereocenters. The Balaban J connectivity index is 0.00000289. The van der Waals surface area contributed by atoms with Crippen molar-refractivity contribution in [3.05, 3.63) is 84.0 Å². The second-order valence-corrected chi connectivity index (χ2v) is 7.19. The maximum Gasteiger partial charge on any atom is 2.00 e. The molecule has 0 aliphatic rings. The molecule has 0 aliphatic heterocycles. The van der Waals surface area contributed by atoms with Crippen molar-refractivity contribution in [1.82, 2.24) is 29.5 Å². The molecule has 0 aliphatic carbocycles. The summed E-state index contributed by atoms with van der Waals surface area (Å²) < 4.78 is 41.7. The van der Waals surface area contributed by atoms with E-state index in [1.165, 1.54) is 28.1 Å². The van der Waals surface area contributed by atoms with Gasteiger partial charge in [-0.15, -0.1) is 12.1 Å². The van der Waals surface area contributed by atoms with E-state index in [9.17, 15) is 13.2 Å². The van der Waals surface area contributed by atoms with Gasteiger partial charge in [0.05, 0.1) is 11.5 Å². The SMILES string of the molecule is CC(C)(c1ncn(-c2[c-]ccc(C#N)c2)n1)c1ncn(-c2[c-]ccc(C(F)(F)F)c2)n1.[Pt+2]. The molecule has 0 atom stereocenters. The second kappa shape index (κ2) is 8.67. The molecule has 0 fully saturated rings. The Hall–Kier alpha value is -3.31. The van der Waals surface area contributed by atoms with Crippen LogP contribution in [0.5, 0.6) is 0 Å². The molecule has 164 valence electrons. The van der Waals surface area contributed by atoms with E-state index >= 15 is 0 Å². The number of nitrogens with zero attached hydrogens (tertiary/aromatic N) is 7. The summed E-state index contributed by atoms with van der Waals surface area (Å²) in [5.41, 5.74) is -0.515. The van der Waals surface area contributed by atoms with Gasteiger partial charge >= 0.3 is 27.2 Å². The van der Waals surface area contributed by atoms with Gasteiger partial charge in [0.25, 0.3) is 0 Å². The predicted molar refractivity (Wildman–Crippen MR) is 102 cm³/mol. The van der Waals surface area contributed by atoms with Gasteiger partial charge in [-0.05, 0) is 25.2 Å². The molecule has 4 aromatic rings. The van der Waals surface area contributed by atoms with Crippen LogP contribution in [0.1, 0.15) is 36.6 Å². The second-order valence-electron chi connectivity index (χ2n) is 7.19. The third kappa shape index (κ3) is 4.48. The fourth-order valence-corrected chi connectivity index (χ4v) is 2.85. The first-order valence-electron chi connectivity index (χ1n) is 9.04.